The van der Waals surface area contributed by atoms with Crippen LogP contribution in [-0.4, -0.2) is 27.6 Å². The number of hydrogen-bond acceptors (Lipinski definition) is 5. The monoisotopic (exact) mass is 273 g/mol. The second-order valence-corrected chi connectivity index (χ2v) is 5.07. The lowest BCUT2D eigenvalue weighted by Gasteiger charge is -2.24. The van der Waals surface area contributed by atoms with Gasteiger partial charge < -0.3 is 4.74 Å². The van der Waals surface area contributed by atoms with Gasteiger partial charge in [-0.25, -0.2) is 4.98 Å². The molecule has 1 aromatic heterocycles. The molecule has 0 radical (unpaired) electrons. The molecule has 7 heteroatoms. The van der Waals surface area contributed by atoms with Crippen LogP contribution in [0.25, 0.3) is 0 Å². The van der Waals surface area contributed by atoms with Crippen LogP contribution >= 0.6 is 23.1 Å². The molecule has 0 saturated heterocycles. The van der Waals surface area contributed by atoms with E-state index >= 15 is 0 Å². The summed E-state index contributed by atoms with van der Waals surface area (Å²) in [6.45, 7) is 5.46. The first kappa shape index (κ1) is 12.5. The van der Waals surface area contributed by atoms with Crippen molar-refractivity contribution in [2.45, 2.75) is 33.1 Å². The summed E-state index contributed by atoms with van der Waals surface area (Å²) < 4.78 is 9.54. The second-order valence-electron chi connectivity index (χ2n) is 3.91. The molecule has 0 aliphatic carbocycles. The van der Waals surface area contributed by atoms with Crippen molar-refractivity contribution < 1.29 is 9.53 Å². The first-order chi connectivity index (χ1) is 8.02. The third-order valence-electron chi connectivity index (χ3n) is 2.31. The molecule has 1 aromatic rings. The maximum atomic E-state index is 12.0. The Balaban J connectivity index is 2.34. The van der Waals surface area contributed by atoms with Crippen LogP contribution in [0.2, 0.25) is 0 Å². The number of nitrogens with zero attached hydrogens (tertiary/aromatic N) is 3. The summed E-state index contributed by atoms with van der Waals surface area (Å²) in [6, 6.07) is 0. The number of amides is 1. The van der Waals surface area contributed by atoms with Crippen LogP contribution < -0.4 is 4.90 Å². The number of halogens is 1. The van der Waals surface area contributed by atoms with Gasteiger partial charge in [-0.15, -0.1) is 0 Å². The molecule has 0 N–H and O–H groups in total. The van der Waals surface area contributed by atoms with E-state index in [4.69, 9.17) is 16.3 Å². The van der Waals surface area contributed by atoms with E-state index in [9.17, 15) is 4.79 Å². The van der Waals surface area contributed by atoms with Crippen molar-refractivity contribution >= 4 is 34.2 Å². The molecule has 1 unspecified atom stereocenters. The van der Waals surface area contributed by atoms with Gasteiger partial charge in [0.1, 0.15) is 6.33 Å². The number of aromatic nitrogens is 2. The van der Waals surface area contributed by atoms with E-state index in [1.807, 2.05) is 13.8 Å². The second kappa shape index (κ2) is 4.72. The molecule has 2 rings (SSSR count). The molecule has 1 aliphatic rings. The number of hydrogen-bond donors (Lipinski definition) is 0. The van der Waals surface area contributed by atoms with Gasteiger partial charge in [-0.05, 0) is 20.8 Å². The lowest BCUT2D eigenvalue weighted by Crippen LogP contribution is -2.38. The highest BCUT2D eigenvalue weighted by molar-refractivity contribution is 7.09. The highest BCUT2D eigenvalue weighted by Gasteiger charge is 2.40. The molecular weight excluding hydrogens is 262 g/mol. The SMILES string of the molecule is CC1=C(Cl)C(OC(C)C)N(c2ncns2)C1=O. The molecule has 0 saturated carbocycles. The standard InChI is InChI=1S/C10H12ClN3O2S/c1-5(2)16-9-7(11)6(3)8(15)14(9)10-12-4-13-17-10/h4-5,9H,1-3H3. The van der Waals surface area contributed by atoms with Crippen LogP contribution in [0.3, 0.4) is 0 Å². The Labute approximate surface area is 108 Å². The Morgan fingerprint density at radius 1 is 1.59 bits per heavy atom. The van der Waals surface area contributed by atoms with Gasteiger partial charge in [-0.3, -0.25) is 9.69 Å². The topological polar surface area (TPSA) is 55.3 Å². The number of rotatable bonds is 3. The lowest BCUT2D eigenvalue weighted by molar-refractivity contribution is -0.116. The minimum Gasteiger partial charge on any atom is -0.350 e. The first-order valence-electron chi connectivity index (χ1n) is 5.14. The van der Waals surface area contributed by atoms with E-state index in [-0.39, 0.29) is 12.0 Å². The van der Waals surface area contributed by atoms with Crippen molar-refractivity contribution in [1.82, 2.24) is 9.36 Å². The fourth-order valence-corrected chi connectivity index (χ4v) is 2.31. The maximum absolute atomic E-state index is 12.0. The number of ether oxygens (including phenoxy) is 1. The predicted molar refractivity (Wildman–Crippen MR) is 66.0 cm³/mol. The fraction of sp³-hybridized carbons (Fsp3) is 0.500. The zero-order chi connectivity index (χ0) is 12.6. The highest BCUT2D eigenvalue weighted by Crippen LogP contribution is 2.34. The van der Waals surface area contributed by atoms with E-state index < -0.39 is 6.23 Å². The molecule has 1 aliphatic heterocycles. The van der Waals surface area contributed by atoms with Crippen molar-refractivity contribution in [3.8, 4) is 0 Å². The molecule has 1 atom stereocenters. The average Bonchev–Trinajstić information content (AvgIpc) is 2.84. The largest absolute Gasteiger partial charge is 0.350 e. The Bertz CT molecular complexity index is 458. The molecule has 5 nitrogen and oxygen atoms in total. The van der Waals surface area contributed by atoms with Crippen molar-refractivity contribution in [3.63, 3.8) is 0 Å². The summed E-state index contributed by atoms with van der Waals surface area (Å²) in [7, 11) is 0. The van der Waals surface area contributed by atoms with Crippen molar-refractivity contribution in [3.05, 3.63) is 16.9 Å². The zero-order valence-corrected chi connectivity index (χ0v) is 11.2. The number of carbonyl (C=O) groups is 1. The number of anilines is 1. The molecule has 92 valence electrons. The van der Waals surface area contributed by atoms with Crippen LogP contribution in [0, 0.1) is 0 Å². The molecule has 0 fully saturated rings. The van der Waals surface area contributed by atoms with Gasteiger partial charge in [-0.2, -0.15) is 4.37 Å². The van der Waals surface area contributed by atoms with Gasteiger partial charge in [0.2, 0.25) is 5.13 Å². The summed E-state index contributed by atoms with van der Waals surface area (Å²) in [5.41, 5.74) is 0.493. The normalized spacial score (nSPS) is 20.9. The van der Waals surface area contributed by atoms with E-state index in [2.05, 4.69) is 9.36 Å². The molecule has 0 aromatic carbocycles. The molecule has 0 spiro atoms. The minimum atomic E-state index is -0.586. The fourth-order valence-electron chi connectivity index (χ4n) is 1.53. The smallest absolute Gasteiger partial charge is 0.259 e. The summed E-state index contributed by atoms with van der Waals surface area (Å²) in [6.07, 6.45) is 0.779. The van der Waals surface area contributed by atoms with Crippen molar-refractivity contribution in [1.29, 1.82) is 0 Å². The maximum Gasteiger partial charge on any atom is 0.259 e. The molecular formula is C10H12ClN3O2S. The highest BCUT2D eigenvalue weighted by atomic mass is 35.5. The van der Waals surface area contributed by atoms with E-state index in [0.717, 1.165) is 11.5 Å². The summed E-state index contributed by atoms with van der Waals surface area (Å²) in [5.74, 6) is -0.183. The van der Waals surface area contributed by atoms with Gasteiger partial charge >= 0.3 is 0 Å². The van der Waals surface area contributed by atoms with Crippen LogP contribution in [0.4, 0.5) is 5.13 Å². The van der Waals surface area contributed by atoms with Gasteiger partial charge in [0, 0.05) is 17.1 Å². The number of carbonyl (C=O) groups excluding carboxylic acids is 1. The van der Waals surface area contributed by atoms with Crippen molar-refractivity contribution in [2.24, 2.45) is 0 Å². The lowest BCUT2D eigenvalue weighted by atomic mass is 10.3. The van der Waals surface area contributed by atoms with Crippen LogP contribution in [-0.2, 0) is 9.53 Å². The average molecular weight is 274 g/mol. The first-order valence-corrected chi connectivity index (χ1v) is 6.29. The molecule has 2 heterocycles. The Hall–Kier alpha value is -0.980. The quantitative estimate of drug-likeness (QED) is 0.847. The van der Waals surface area contributed by atoms with Gasteiger partial charge in [-0.1, -0.05) is 11.6 Å². The van der Waals surface area contributed by atoms with Crippen LogP contribution in [0.5, 0.6) is 0 Å². The van der Waals surface area contributed by atoms with E-state index in [1.54, 1.807) is 6.92 Å². The van der Waals surface area contributed by atoms with Crippen molar-refractivity contribution in [2.75, 3.05) is 4.90 Å². The van der Waals surface area contributed by atoms with Gasteiger partial charge in [0.25, 0.3) is 5.91 Å². The Kier molecular flexibility index (Phi) is 3.46. The molecule has 1 amide bonds. The molecule has 17 heavy (non-hydrogen) atoms. The predicted octanol–water partition coefficient (Wildman–Crippen LogP) is 2.15. The van der Waals surface area contributed by atoms with E-state index in [1.165, 1.54) is 11.2 Å². The third-order valence-corrected chi connectivity index (χ3v) is 3.44. The van der Waals surface area contributed by atoms with Gasteiger partial charge in [0.15, 0.2) is 6.23 Å². The Morgan fingerprint density at radius 2 is 2.29 bits per heavy atom. The summed E-state index contributed by atoms with van der Waals surface area (Å²) >= 11 is 7.27. The Morgan fingerprint density at radius 3 is 2.82 bits per heavy atom. The zero-order valence-electron chi connectivity index (χ0n) is 9.68. The summed E-state index contributed by atoms with van der Waals surface area (Å²) in [5, 5.41) is 0.912. The van der Waals surface area contributed by atoms with E-state index in [0.29, 0.717) is 15.7 Å². The van der Waals surface area contributed by atoms with Crippen LogP contribution in [0.1, 0.15) is 20.8 Å². The molecule has 0 bridgehead atoms. The van der Waals surface area contributed by atoms with Crippen LogP contribution in [0.15, 0.2) is 16.9 Å². The minimum absolute atomic E-state index is 0.0390. The van der Waals surface area contributed by atoms with Gasteiger partial charge in [0.05, 0.1) is 11.1 Å². The third kappa shape index (κ3) is 2.20. The summed E-state index contributed by atoms with van der Waals surface area (Å²) in [4.78, 5) is 17.5.